The molecule has 0 spiro atoms. The molecule has 1 atom stereocenters. The minimum Gasteiger partial charge on any atom is -0.365 e. The molecule has 1 aromatic carbocycles. The number of nitrogens with zero attached hydrogens (tertiary/aromatic N) is 2. The minimum atomic E-state index is 0.522. The molecule has 1 saturated carbocycles. The third-order valence-electron chi connectivity index (χ3n) is 3.95. The topological polar surface area (TPSA) is 16.1 Å². The van der Waals surface area contributed by atoms with Crippen LogP contribution in [0.5, 0.6) is 0 Å². The van der Waals surface area contributed by atoms with Crippen LogP contribution in [-0.2, 0) is 0 Å². The van der Waals surface area contributed by atoms with Crippen molar-refractivity contribution in [3.05, 3.63) is 41.9 Å². The number of halogens is 1. The molecule has 1 heterocycles. The molecule has 3 rings (SSSR count). The molecule has 0 N–H and O–H groups in total. The fraction of sp³-hybridized carbons (Fsp3) is 0.412. The number of benzene rings is 1. The van der Waals surface area contributed by atoms with E-state index in [9.17, 15) is 0 Å². The fourth-order valence-electron chi connectivity index (χ4n) is 2.93. The monoisotopic (exact) mass is 287 g/mol. The van der Waals surface area contributed by atoms with Crippen molar-refractivity contribution in [2.45, 2.75) is 45.2 Å². The Balaban J connectivity index is 2.06. The molecule has 1 aromatic heterocycles. The maximum atomic E-state index is 6.08. The molecule has 2 nitrogen and oxygen atoms in total. The molecule has 2 aromatic rings. The molecule has 105 valence electrons. The summed E-state index contributed by atoms with van der Waals surface area (Å²) in [5.74, 6) is 0. The van der Waals surface area contributed by atoms with Crippen molar-refractivity contribution < 1.29 is 0 Å². The van der Waals surface area contributed by atoms with E-state index >= 15 is 0 Å². The van der Waals surface area contributed by atoms with Crippen molar-refractivity contribution in [1.29, 1.82) is 0 Å². The van der Waals surface area contributed by atoms with Crippen LogP contribution in [-0.4, -0.2) is 17.1 Å². The summed E-state index contributed by atoms with van der Waals surface area (Å²) in [6.45, 7) is 4.44. The molecule has 1 aliphatic rings. The number of hydrogen-bond acceptors (Lipinski definition) is 2. The van der Waals surface area contributed by atoms with Gasteiger partial charge < -0.3 is 4.90 Å². The molecule has 1 fully saturated rings. The summed E-state index contributed by atoms with van der Waals surface area (Å²) in [7, 11) is 0. The molecule has 0 saturated heterocycles. The van der Waals surface area contributed by atoms with E-state index in [2.05, 4.69) is 42.3 Å². The van der Waals surface area contributed by atoms with Crippen molar-refractivity contribution in [3.8, 4) is 0 Å². The molecular weight excluding hydrogens is 268 g/mol. The zero-order valence-electron chi connectivity index (χ0n) is 12.0. The highest BCUT2D eigenvalue weighted by atomic mass is 35.5. The normalized spacial score (nSPS) is 16.4. The predicted molar refractivity (Wildman–Crippen MR) is 86.3 cm³/mol. The highest BCUT2D eigenvalue weighted by molar-refractivity contribution is 6.31. The first kappa shape index (κ1) is 13.7. The maximum absolute atomic E-state index is 6.08. The van der Waals surface area contributed by atoms with Crippen LogP contribution in [0.1, 0.15) is 33.1 Å². The van der Waals surface area contributed by atoms with E-state index in [0.717, 1.165) is 17.0 Å². The third kappa shape index (κ3) is 2.62. The van der Waals surface area contributed by atoms with Gasteiger partial charge in [0.15, 0.2) is 0 Å². The maximum Gasteiger partial charge on any atom is 0.0737 e. The second-order valence-corrected chi connectivity index (χ2v) is 6.06. The van der Waals surface area contributed by atoms with Gasteiger partial charge >= 0.3 is 0 Å². The molecule has 0 aliphatic heterocycles. The molecule has 0 amide bonds. The molecule has 1 aliphatic carbocycles. The number of aromatic nitrogens is 1. The summed E-state index contributed by atoms with van der Waals surface area (Å²) in [5, 5.41) is 1.95. The summed E-state index contributed by atoms with van der Waals surface area (Å²) in [6.07, 6.45) is 7.84. The first-order valence-electron chi connectivity index (χ1n) is 7.31. The van der Waals surface area contributed by atoms with Crippen LogP contribution >= 0.6 is 11.6 Å². The Morgan fingerprint density at radius 1 is 1.40 bits per heavy atom. The summed E-state index contributed by atoms with van der Waals surface area (Å²) < 4.78 is 0. The molecule has 0 unspecified atom stereocenters. The highest BCUT2D eigenvalue weighted by Crippen LogP contribution is 2.38. The lowest BCUT2D eigenvalue weighted by Gasteiger charge is -2.32. The van der Waals surface area contributed by atoms with Gasteiger partial charge in [-0.3, -0.25) is 4.98 Å². The van der Waals surface area contributed by atoms with E-state index in [1.54, 1.807) is 0 Å². The zero-order valence-corrected chi connectivity index (χ0v) is 12.8. The summed E-state index contributed by atoms with van der Waals surface area (Å²) in [6, 6.07) is 9.34. The minimum absolute atomic E-state index is 0.522. The van der Waals surface area contributed by atoms with Crippen LogP contribution in [0.3, 0.4) is 0 Å². The lowest BCUT2D eigenvalue weighted by Crippen LogP contribution is -2.35. The van der Waals surface area contributed by atoms with Crippen molar-refractivity contribution in [2.75, 3.05) is 4.90 Å². The molecule has 0 bridgehead atoms. The Labute approximate surface area is 125 Å². The Kier molecular flexibility index (Phi) is 3.84. The summed E-state index contributed by atoms with van der Waals surface area (Å²) in [4.78, 5) is 7.02. The smallest absolute Gasteiger partial charge is 0.0737 e. The largest absolute Gasteiger partial charge is 0.365 e. The van der Waals surface area contributed by atoms with Crippen molar-refractivity contribution in [1.82, 2.24) is 4.98 Å². The van der Waals surface area contributed by atoms with Crippen molar-refractivity contribution >= 4 is 28.2 Å². The highest BCUT2D eigenvalue weighted by Gasteiger charge is 2.32. The first-order valence-corrected chi connectivity index (χ1v) is 7.69. The Bertz CT molecular complexity index is 607. The van der Waals surface area contributed by atoms with Gasteiger partial charge in [0.2, 0.25) is 0 Å². The van der Waals surface area contributed by atoms with E-state index < -0.39 is 0 Å². The second kappa shape index (κ2) is 5.61. The van der Waals surface area contributed by atoms with Gasteiger partial charge in [-0.15, -0.1) is 0 Å². The zero-order chi connectivity index (χ0) is 14.1. The lowest BCUT2D eigenvalue weighted by atomic mass is 10.1. The third-order valence-corrected chi connectivity index (χ3v) is 4.19. The summed E-state index contributed by atoms with van der Waals surface area (Å²) in [5.41, 5.74) is 2.27. The second-order valence-electron chi connectivity index (χ2n) is 5.62. The van der Waals surface area contributed by atoms with Crippen molar-refractivity contribution in [3.63, 3.8) is 0 Å². The van der Waals surface area contributed by atoms with E-state index in [-0.39, 0.29) is 0 Å². The van der Waals surface area contributed by atoms with Gasteiger partial charge in [0.25, 0.3) is 0 Å². The van der Waals surface area contributed by atoms with Crippen LogP contribution in [0.4, 0.5) is 5.69 Å². The Morgan fingerprint density at radius 2 is 2.20 bits per heavy atom. The number of pyridine rings is 1. The average molecular weight is 288 g/mol. The number of rotatable bonds is 5. The Hall–Kier alpha value is -1.28. The van der Waals surface area contributed by atoms with Gasteiger partial charge in [-0.2, -0.15) is 0 Å². The fourth-order valence-corrected chi connectivity index (χ4v) is 3.10. The van der Waals surface area contributed by atoms with E-state index in [1.807, 2.05) is 18.3 Å². The quantitative estimate of drug-likeness (QED) is 0.781. The van der Waals surface area contributed by atoms with Gasteiger partial charge in [0, 0.05) is 34.4 Å². The van der Waals surface area contributed by atoms with Gasteiger partial charge in [0.05, 0.1) is 5.52 Å². The predicted octanol–water partition coefficient (Wildman–Crippen LogP) is 4.86. The van der Waals surface area contributed by atoms with Crippen molar-refractivity contribution in [2.24, 2.45) is 0 Å². The SMILES string of the molecule is C[CH]C[C@@H](C)N(c1ccnc2cc(Cl)ccc12)C1CC1. The molecule has 1 radical (unpaired) electrons. The van der Waals surface area contributed by atoms with E-state index in [4.69, 9.17) is 11.6 Å². The summed E-state index contributed by atoms with van der Waals surface area (Å²) >= 11 is 6.08. The van der Waals surface area contributed by atoms with Gasteiger partial charge in [-0.05, 0) is 56.9 Å². The van der Waals surface area contributed by atoms with Gasteiger partial charge in [-0.1, -0.05) is 18.5 Å². The molecule has 20 heavy (non-hydrogen) atoms. The molecular formula is C17H20ClN2. The van der Waals surface area contributed by atoms with E-state index in [0.29, 0.717) is 12.1 Å². The van der Waals surface area contributed by atoms with Crippen LogP contribution < -0.4 is 4.90 Å². The number of hydrogen-bond donors (Lipinski definition) is 0. The lowest BCUT2D eigenvalue weighted by molar-refractivity contribution is 0.622. The average Bonchev–Trinajstić information content (AvgIpc) is 3.24. The van der Waals surface area contributed by atoms with E-state index in [1.165, 1.54) is 23.9 Å². The van der Waals surface area contributed by atoms with Gasteiger partial charge in [-0.25, -0.2) is 0 Å². The van der Waals surface area contributed by atoms with Crippen LogP contribution in [0.2, 0.25) is 5.02 Å². The van der Waals surface area contributed by atoms with Crippen LogP contribution in [0, 0.1) is 6.42 Å². The van der Waals surface area contributed by atoms with Gasteiger partial charge in [0.1, 0.15) is 0 Å². The number of anilines is 1. The molecule has 3 heteroatoms. The van der Waals surface area contributed by atoms with Crippen LogP contribution in [0.25, 0.3) is 10.9 Å². The first-order chi connectivity index (χ1) is 9.70. The number of fused-ring (bicyclic) bond motifs is 1. The van der Waals surface area contributed by atoms with Crippen LogP contribution in [0.15, 0.2) is 30.5 Å². The standard InChI is InChI=1S/C17H20ClN2/c1-3-4-12(2)20(14-6-7-14)17-9-10-19-16-11-13(18)5-8-15(16)17/h3,5,8-12,14H,4,6-7H2,1-2H3/t12-/m1/s1. The Morgan fingerprint density at radius 3 is 2.90 bits per heavy atom.